The third-order valence-corrected chi connectivity index (χ3v) is 1.27. The van der Waals surface area contributed by atoms with Crippen LogP contribution < -0.4 is 4.84 Å². The lowest BCUT2D eigenvalue weighted by Crippen LogP contribution is -2.29. The molecule has 4 heteroatoms. The van der Waals surface area contributed by atoms with Crippen molar-refractivity contribution in [1.82, 2.24) is 4.84 Å². The minimum absolute atomic E-state index is 0.568. The van der Waals surface area contributed by atoms with Gasteiger partial charge < -0.3 is 5.11 Å². The second kappa shape index (κ2) is 4.58. The maximum atomic E-state index is 10.2. The lowest BCUT2D eigenvalue weighted by atomic mass is 10.2. The van der Waals surface area contributed by atoms with Crippen LogP contribution in [0, 0.1) is 0 Å². The Kier molecular flexibility index (Phi) is 4.44. The highest BCUT2D eigenvalue weighted by Gasteiger charge is 2.13. The predicted molar refractivity (Wildman–Crippen MR) is 35.3 cm³/mol. The molecule has 0 unspecified atom stereocenters. The van der Waals surface area contributed by atoms with Gasteiger partial charge in [0.25, 0.3) is 0 Å². The van der Waals surface area contributed by atoms with Crippen LogP contribution in [0.4, 0.5) is 0 Å². The van der Waals surface area contributed by atoms with E-state index < -0.39 is 12.0 Å². The van der Waals surface area contributed by atoms with E-state index in [9.17, 15) is 4.79 Å². The van der Waals surface area contributed by atoms with Gasteiger partial charge in [-0.25, -0.2) is 4.84 Å². The smallest absolute Gasteiger partial charge is 0.321 e. The highest BCUT2D eigenvalue weighted by molar-refractivity contribution is 6.14. The van der Waals surface area contributed by atoms with E-state index >= 15 is 0 Å². The summed E-state index contributed by atoms with van der Waals surface area (Å²) in [7, 11) is 0. The van der Waals surface area contributed by atoms with E-state index in [1.165, 1.54) is 0 Å². The topological polar surface area (TPSA) is 49.3 Å². The summed E-state index contributed by atoms with van der Waals surface area (Å²) in [5, 5.41) is 8.36. The molecule has 0 fully saturated rings. The molecule has 0 aliphatic rings. The quantitative estimate of drug-likeness (QED) is 0.589. The Morgan fingerprint density at radius 1 is 1.89 bits per heavy atom. The third-order valence-electron chi connectivity index (χ3n) is 1.01. The summed E-state index contributed by atoms with van der Waals surface area (Å²) in [6.07, 6.45) is 1.38. The monoisotopic (exact) mass is 151 g/mol. The fourth-order valence-electron chi connectivity index (χ4n) is 0.513. The van der Waals surface area contributed by atoms with Crippen LogP contribution in [-0.4, -0.2) is 17.1 Å². The number of carboxylic acid groups (broad SMARTS) is 1. The number of halogens is 1. The SMILES string of the molecule is CCC[C@H](NCl)C(=O)O. The molecule has 2 N–H and O–H groups in total. The first kappa shape index (κ1) is 8.72. The second-order valence-corrected chi connectivity index (χ2v) is 2.01. The molecule has 9 heavy (non-hydrogen) atoms. The lowest BCUT2D eigenvalue weighted by Gasteiger charge is -2.05. The van der Waals surface area contributed by atoms with Gasteiger partial charge in [0.1, 0.15) is 6.04 Å². The Labute approximate surface area is 59.1 Å². The molecule has 0 aromatic rings. The molecule has 0 spiro atoms. The molecule has 0 aliphatic heterocycles. The first-order valence-corrected chi connectivity index (χ1v) is 3.19. The van der Waals surface area contributed by atoms with Gasteiger partial charge in [0.05, 0.1) is 0 Å². The van der Waals surface area contributed by atoms with Crippen LogP contribution in [-0.2, 0) is 4.79 Å². The van der Waals surface area contributed by atoms with E-state index in [2.05, 4.69) is 4.84 Å². The molecule has 3 nitrogen and oxygen atoms in total. The van der Waals surface area contributed by atoms with E-state index in [1.54, 1.807) is 0 Å². The Morgan fingerprint density at radius 3 is 2.56 bits per heavy atom. The normalized spacial score (nSPS) is 13.1. The summed E-state index contributed by atoms with van der Waals surface area (Å²) < 4.78 is 0. The minimum atomic E-state index is -0.896. The minimum Gasteiger partial charge on any atom is -0.480 e. The van der Waals surface area contributed by atoms with Crippen molar-refractivity contribution in [2.75, 3.05) is 0 Å². The van der Waals surface area contributed by atoms with Crippen LogP contribution in [0.2, 0.25) is 0 Å². The zero-order valence-corrected chi connectivity index (χ0v) is 5.98. The molecule has 0 radical (unpaired) electrons. The molecule has 0 saturated heterocycles. The summed E-state index contributed by atoms with van der Waals surface area (Å²) in [6.45, 7) is 1.91. The number of rotatable bonds is 4. The van der Waals surface area contributed by atoms with Crippen molar-refractivity contribution >= 4 is 17.7 Å². The number of aliphatic carboxylic acids is 1. The third kappa shape index (κ3) is 3.32. The maximum absolute atomic E-state index is 10.2. The molecular weight excluding hydrogens is 142 g/mol. The zero-order chi connectivity index (χ0) is 7.28. The first-order chi connectivity index (χ1) is 4.22. The summed E-state index contributed by atoms with van der Waals surface area (Å²) in [6, 6.07) is -0.600. The summed E-state index contributed by atoms with van der Waals surface area (Å²) in [4.78, 5) is 12.3. The van der Waals surface area contributed by atoms with Crippen molar-refractivity contribution in [1.29, 1.82) is 0 Å². The van der Waals surface area contributed by atoms with Gasteiger partial charge in [0.2, 0.25) is 0 Å². The van der Waals surface area contributed by atoms with Gasteiger partial charge in [-0.05, 0) is 18.2 Å². The molecule has 54 valence electrons. The predicted octanol–water partition coefficient (Wildman–Crippen LogP) is 0.983. The van der Waals surface area contributed by atoms with Gasteiger partial charge in [-0.2, -0.15) is 0 Å². The molecule has 0 amide bonds. The van der Waals surface area contributed by atoms with E-state index in [0.29, 0.717) is 6.42 Å². The number of carboxylic acids is 1. The molecule has 1 atom stereocenters. The lowest BCUT2D eigenvalue weighted by molar-refractivity contribution is -0.139. The van der Waals surface area contributed by atoms with E-state index in [1.807, 2.05) is 6.92 Å². The molecule has 0 aliphatic carbocycles. The fourth-order valence-corrected chi connectivity index (χ4v) is 0.716. The van der Waals surface area contributed by atoms with Crippen LogP contribution in [0.3, 0.4) is 0 Å². The molecule has 0 rings (SSSR count). The number of nitrogens with one attached hydrogen (secondary N) is 1. The van der Waals surface area contributed by atoms with Crippen molar-refractivity contribution in [3.8, 4) is 0 Å². The van der Waals surface area contributed by atoms with Gasteiger partial charge in [0, 0.05) is 0 Å². The van der Waals surface area contributed by atoms with Crippen molar-refractivity contribution < 1.29 is 9.90 Å². The van der Waals surface area contributed by atoms with Crippen LogP contribution in [0.25, 0.3) is 0 Å². The van der Waals surface area contributed by atoms with Crippen molar-refractivity contribution in [2.24, 2.45) is 0 Å². The number of hydrogen-bond acceptors (Lipinski definition) is 2. The van der Waals surface area contributed by atoms with Gasteiger partial charge in [-0.15, -0.1) is 0 Å². The Balaban J connectivity index is 3.54. The summed E-state index contributed by atoms with van der Waals surface area (Å²) in [5.74, 6) is -0.896. The summed E-state index contributed by atoms with van der Waals surface area (Å²) >= 11 is 5.11. The Bertz CT molecular complexity index is 97.0. The highest BCUT2D eigenvalue weighted by Crippen LogP contribution is 1.96. The molecule has 0 aromatic heterocycles. The first-order valence-electron chi connectivity index (χ1n) is 2.81. The average Bonchev–Trinajstić information content (AvgIpc) is 1.82. The largest absolute Gasteiger partial charge is 0.480 e. The van der Waals surface area contributed by atoms with Crippen molar-refractivity contribution in [3.63, 3.8) is 0 Å². The van der Waals surface area contributed by atoms with Crippen molar-refractivity contribution in [2.45, 2.75) is 25.8 Å². The molecule has 0 aromatic carbocycles. The van der Waals surface area contributed by atoms with Gasteiger partial charge in [-0.3, -0.25) is 4.79 Å². The van der Waals surface area contributed by atoms with Gasteiger partial charge in [0.15, 0.2) is 0 Å². The van der Waals surface area contributed by atoms with Crippen LogP contribution in [0.1, 0.15) is 19.8 Å². The van der Waals surface area contributed by atoms with E-state index in [0.717, 1.165) is 6.42 Å². The maximum Gasteiger partial charge on any atom is 0.321 e. The average molecular weight is 152 g/mol. The Hall–Kier alpha value is -0.280. The fraction of sp³-hybridized carbons (Fsp3) is 0.800. The highest BCUT2D eigenvalue weighted by atomic mass is 35.5. The van der Waals surface area contributed by atoms with Gasteiger partial charge in [-0.1, -0.05) is 13.3 Å². The Morgan fingerprint density at radius 2 is 2.44 bits per heavy atom. The zero-order valence-electron chi connectivity index (χ0n) is 5.22. The van der Waals surface area contributed by atoms with E-state index in [-0.39, 0.29) is 0 Å². The van der Waals surface area contributed by atoms with Crippen LogP contribution >= 0.6 is 11.8 Å². The molecule has 0 heterocycles. The van der Waals surface area contributed by atoms with Crippen molar-refractivity contribution in [3.05, 3.63) is 0 Å². The second-order valence-electron chi connectivity index (χ2n) is 1.79. The molecular formula is C5H10ClNO2. The number of carbonyl (C=O) groups is 1. The summed E-state index contributed by atoms with van der Waals surface area (Å²) in [5.41, 5.74) is 0. The molecule has 0 bridgehead atoms. The standard InChI is InChI=1S/C5H10ClNO2/c1-2-3-4(7-6)5(8)9/h4,7H,2-3H2,1H3,(H,8,9)/t4-/m0/s1. The van der Waals surface area contributed by atoms with E-state index in [4.69, 9.17) is 16.9 Å². The van der Waals surface area contributed by atoms with Crippen LogP contribution in [0.5, 0.6) is 0 Å². The number of hydrogen-bond donors (Lipinski definition) is 2. The molecule has 0 saturated carbocycles. The van der Waals surface area contributed by atoms with Gasteiger partial charge >= 0.3 is 5.97 Å². The van der Waals surface area contributed by atoms with Crippen LogP contribution in [0.15, 0.2) is 0 Å².